The van der Waals surface area contributed by atoms with Gasteiger partial charge < -0.3 is 5.32 Å². The van der Waals surface area contributed by atoms with Crippen LogP contribution < -0.4 is 5.32 Å². The molecule has 0 spiro atoms. The summed E-state index contributed by atoms with van der Waals surface area (Å²) in [5.74, 6) is -0.316. The molecule has 1 aliphatic rings. The van der Waals surface area contributed by atoms with E-state index < -0.39 is 19.9 Å². The van der Waals surface area contributed by atoms with Crippen molar-refractivity contribution in [2.75, 3.05) is 25.6 Å². The summed E-state index contributed by atoms with van der Waals surface area (Å²) in [5.41, 5.74) is 0.814. The summed E-state index contributed by atoms with van der Waals surface area (Å²) in [7, 11) is -6.45. The van der Waals surface area contributed by atoms with E-state index in [1.165, 1.54) is 22.7 Å². The molecule has 25 heavy (non-hydrogen) atoms. The maximum atomic E-state index is 12.4. The molecule has 0 aromatic heterocycles. The van der Waals surface area contributed by atoms with Gasteiger partial charge in [-0.1, -0.05) is 12.1 Å². The zero-order chi connectivity index (χ0) is 18.8. The highest BCUT2D eigenvalue weighted by molar-refractivity contribution is 7.90. The van der Waals surface area contributed by atoms with E-state index in [2.05, 4.69) is 5.32 Å². The van der Waals surface area contributed by atoms with Gasteiger partial charge in [0.1, 0.15) is 0 Å². The maximum absolute atomic E-state index is 12.4. The third-order valence-electron chi connectivity index (χ3n) is 4.46. The van der Waals surface area contributed by atoms with Gasteiger partial charge in [-0.3, -0.25) is 4.79 Å². The minimum Gasteiger partial charge on any atom is -0.349 e. The third kappa shape index (κ3) is 5.26. The average molecular weight is 389 g/mol. The van der Waals surface area contributed by atoms with E-state index >= 15 is 0 Å². The van der Waals surface area contributed by atoms with Crippen molar-refractivity contribution in [1.82, 2.24) is 9.62 Å². The van der Waals surface area contributed by atoms with E-state index in [1.54, 1.807) is 12.1 Å². The molecule has 0 aliphatic carbocycles. The molecule has 0 radical (unpaired) electrons. The first-order valence-corrected chi connectivity index (χ1v) is 11.8. The molecule has 1 aliphatic heterocycles. The molecule has 0 saturated carbocycles. The molecule has 0 unspecified atom stereocenters. The van der Waals surface area contributed by atoms with Gasteiger partial charge in [0, 0.05) is 25.3 Å². The van der Waals surface area contributed by atoms with Crippen LogP contribution in [0.5, 0.6) is 0 Å². The number of rotatable bonds is 5. The Morgan fingerprint density at radius 3 is 2.04 bits per heavy atom. The Hall–Kier alpha value is -1.45. The Kier molecular flexibility index (Phi) is 5.90. The van der Waals surface area contributed by atoms with E-state index in [-0.39, 0.29) is 22.8 Å². The summed E-state index contributed by atoms with van der Waals surface area (Å²) < 4.78 is 47.4. The number of nitrogens with one attached hydrogen (secondary N) is 1. The predicted molar refractivity (Wildman–Crippen MR) is 95.3 cm³/mol. The normalized spacial score (nSPS) is 18.7. The smallest absolute Gasteiger partial charge is 0.223 e. The van der Waals surface area contributed by atoms with E-state index in [0.29, 0.717) is 25.9 Å². The van der Waals surface area contributed by atoms with Gasteiger partial charge in [-0.15, -0.1) is 0 Å². The number of piperidine rings is 1. The van der Waals surface area contributed by atoms with Crippen molar-refractivity contribution in [3.05, 3.63) is 29.8 Å². The van der Waals surface area contributed by atoms with Crippen LogP contribution in [0.3, 0.4) is 0 Å². The van der Waals surface area contributed by atoms with E-state index in [1.807, 2.05) is 6.92 Å². The van der Waals surface area contributed by atoms with Gasteiger partial charge in [0.25, 0.3) is 0 Å². The lowest BCUT2D eigenvalue weighted by Crippen LogP contribution is -2.43. The zero-order valence-electron chi connectivity index (χ0n) is 14.6. The van der Waals surface area contributed by atoms with Gasteiger partial charge in [-0.05, 0) is 37.5 Å². The molecule has 1 aromatic carbocycles. The SMILES string of the molecule is C[C@@H](NC(=O)C1CCN(S(C)(=O)=O)CC1)c1ccc(S(C)(=O)=O)cc1. The Morgan fingerprint density at radius 2 is 1.60 bits per heavy atom. The largest absolute Gasteiger partial charge is 0.349 e. The van der Waals surface area contributed by atoms with Crippen LogP contribution in [-0.4, -0.2) is 52.6 Å². The molecule has 1 atom stereocenters. The Labute approximate surface area is 149 Å². The van der Waals surface area contributed by atoms with Crippen LogP contribution in [-0.2, 0) is 24.7 Å². The molecule has 1 amide bonds. The minimum atomic E-state index is -3.24. The molecule has 0 bridgehead atoms. The van der Waals surface area contributed by atoms with Crippen LogP contribution >= 0.6 is 0 Å². The highest BCUT2D eigenvalue weighted by Gasteiger charge is 2.29. The number of hydrogen-bond donors (Lipinski definition) is 1. The maximum Gasteiger partial charge on any atom is 0.223 e. The van der Waals surface area contributed by atoms with Crippen LogP contribution in [0, 0.1) is 5.92 Å². The molecule has 2 rings (SSSR count). The second-order valence-electron chi connectivity index (χ2n) is 6.51. The number of sulfone groups is 1. The van der Waals surface area contributed by atoms with Crippen molar-refractivity contribution in [3.8, 4) is 0 Å². The van der Waals surface area contributed by atoms with Gasteiger partial charge in [0.05, 0.1) is 17.2 Å². The quantitative estimate of drug-likeness (QED) is 0.809. The van der Waals surface area contributed by atoms with Crippen LogP contribution in [0.4, 0.5) is 0 Å². The molecule has 1 aromatic rings. The molecule has 9 heteroatoms. The van der Waals surface area contributed by atoms with Crippen molar-refractivity contribution >= 4 is 25.8 Å². The number of carbonyl (C=O) groups excluding carboxylic acids is 1. The number of carbonyl (C=O) groups is 1. The van der Waals surface area contributed by atoms with E-state index in [9.17, 15) is 21.6 Å². The van der Waals surface area contributed by atoms with Crippen LogP contribution in [0.15, 0.2) is 29.2 Å². The number of sulfonamides is 1. The van der Waals surface area contributed by atoms with Crippen molar-refractivity contribution in [2.45, 2.75) is 30.7 Å². The van der Waals surface area contributed by atoms with Crippen molar-refractivity contribution in [3.63, 3.8) is 0 Å². The molecular weight excluding hydrogens is 364 g/mol. The van der Waals surface area contributed by atoms with Crippen LogP contribution in [0.25, 0.3) is 0 Å². The van der Waals surface area contributed by atoms with Gasteiger partial charge in [0.2, 0.25) is 15.9 Å². The summed E-state index contributed by atoms with van der Waals surface area (Å²) in [6.45, 7) is 2.54. The van der Waals surface area contributed by atoms with Gasteiger partial charge in [-0.2, -0.15) is 0 Å². The second kappa shape index (κ2) is 7.43. The summed E-state index contributed by atoms with van der Waals surface area (Å²) in [6.07, 6.45) is 3.32. The Balaban J connectivity index is 1.95. The first kappa shape index (κ1) is 19.9. The standard InChI is InChI=1S/C16H24N2O5S2/c1-12(13-4-6-15(7-5-13)24(2,20)21)17-16(19)14-8-10-18(11-9-14)25(3,22)23/h4-7,12,14H,8-11H2,1-3H3,(H,17,19)/t12-/m1/s1. The lowest BCUT2D eigenvalue weighted by molar-refractivity contribution is -0.126. The van der Waals surface area contributed by atoms with Gasteiger partial charge >= 0.3 is 0 Å². The lowest BCUT2D eigenvalue weighted by atomic mass is 9.96. The minimum absolute atomic E-state index is 0.104. The van der Waals surface area contributed by atoms with Crippen LogP contribution in [0.2, 0.25) is 0 Å². The average Bonchev–Trinajstić information content (AvgIpc) is 2.53. The zero-order valence-corrected chi connectivity index (χ0v) is 16.2. The number of nitrogens with zero attached hydrogens (tertiary/aromatic N) is 1. The highest BCUT2D eigenvalue weighted by Crippen LogP contribution is 2.21. The van der Waals surface area contributed by atoms with Gasteiger partial charge in [0.15, 0.2) is 9.84 Å². The monoisotopic (exact) mass is 388 g/mol. The van der Waals surface area contributed by atoms with Crippen molar-refractivity contribution in [1.29, 1.82) is 0 Å². The fraction of sp³-hybridized carbons (Fsp3) is 0.562. The number of hydrogen-bond acceptors (Lipinski definition) is 5. The van der Waals surface area contributed by atoms with Crippen molar-refractivity contribution in [2.24, 2.45) is 5.92 Å². The molecule has 1 N–H and O–H groups in total. The van der Waals surface area contributed by atoms with Crippen molar-refractivity contribution < 1.29 is 21.6 Å². The Morgan fingerprint density at radius 1 is 1.08 bits per heavy atom. The lowest BCUT2D eigenvalue weighted by Gasteiger charge is -2.30. The topological polar surface area (TPSA) is 101 Å². The summed E-state index contributed by atoms with van der Waals surface area (Å²) in [6, 6.07) is 6.17. The predicted octanol–water partition coefficient (Wildman–Crippen LogP) is 0.939. The molecule has 7 nitrogen and oxygen atoms in total. The second-order valence-corrected chi connectivity index (χ2v) is 10.5. The van der Waals surface area contributed by atoms with Gasteiger partial charge in [-0.25, -0.2) is 21.1 Å². The third-order valence-corrected chi connectivity index (χ3v) is 6.89. The molecule has 1 saturated heterocycles. The van der Waals surface area contributed by atoms with Crippen LogP contribution in [0.1, 0.15) is 31.4 Å². The van der Waals surface area contributed by atoms with E-state index in [0.717, 1.165) is 11.8 Å². The summed E-state index contributed by atoms with van der Waals surface area (Å²) in [4.78, 5) is 12.6. The number of amides is 1. The highest BCUT2D eigenvalue weighted by atomic mass is 32.2. The first-order valence-electron chi connectivity index (χ1n) is 8.04. The molecule has 1 fully saturated rings. The van der Waals surface area contributed by atoms with E-state index in [4.69, 9.17) is 0 Å². The summed E-state index contributed by atoms with van der Waals surface area (Å²) in [5, 5.41) is 2.92. The number of benzene rings is 1. The fourth-order valence-corrected chi connectivity index (χ4v) is 4.37. The fourth-order valence-electron chi connectivity index (χ4n) is 2.87. The first-order chi connectivity index (χ1) is 11.5. The molecular formula is C16H24N2O5S2. The molecule has 140 valence electrons. The Bertz CT molecular complexity index is 824. The molecule has 1 heterocycles. The summed E-state index contributed by atoms with van der Waals surface area (Å²) >= 11 is 0.